The molecule has 0 aliphatic carbocycles. The van der Waals surface area contributed by atoms with Crippen molar-refractivity contribution in [2.24, 2.45) is 0 Å². The summed E-state index contributed by atoms with van der Waals surface area (Å²) >= 11 is 2.73. The Morgan fingerprint density at radius 2 is 2.00 bits per heavy atom. The van der Waals surface area contributed by atoms with Gasteiger partial charge in [0.15, 0.2) is 5.65 Å². The summed E-state index contributed by atoms with van der Waals surface area (Å²) in [5.41, 5.74) is 0.757. The van der Waals surface area contributed by atoms with Crippen LogP contribution in [0, 0.1) is 0 Å². The van der Waals surface area contributed by atoms with Crippen molar-refractivity contribution >= 4 is 61.3 Å². The van der Waals surface area contributed by atoms with Crippen molar-refractivity contribution < 1.29 is 13.2 Å². The highest BCUT2D eigenvalue weighted by Crippen LogP contribution is 2.41. The molecule has 2 fully saturated rings. The van der Waals surface area contributed by atoms with Crippen LogP contribution in [-0.4, -0.2) is 73.6 Å². The van der Waals surface area contributed by atoms with E-state index in [-0.39, 0.29) is 17.3 Å². The van der Waals surface area contributed by atoms with Crippen LogP contribution in [0.2, 0.25) is 0 Å². The molecule has 0 saturated carbocycles. The molecular weight excluding hydrogens is 557 g/mol. The van der Waals surface area contributed by atoms with E-state index in [1.165, 1.54) is 21.8 Å². The standard InChI is InChI=1S/C25H28N8O3S3/c1-2-37-23-28-22(38-30-23)29-24(34)32-14-11-25(32)10-6-12-31(16-25)20-19-9-13-33(21(19)27-17-26-20)39(35,36)15-18-7-4-3-5-8-18/h3-5,7-9,13,17H,2,6,10-12,14-16H2,1H3,(H,28,29,30,34). The maximum atomic E-state index is 13.3. The van der Waals surface area contributed by atoms with Crippen LogP contribution in [0.3, 0.4) is 0 Å². The van der Waals surface area contributed by atoms with E-state index in [2.05, 4.69) is 29.5 Å². The van der Waals surface area contributed by atoms with Gasteiger partial charge in [-0.25, -0.2) is 27.2 Å². The number of benzene rings is 1. The van der Waals surface area contributed by atoms with Crippen LogP contribution in [0.4, 0.5) is 15.7 Å². The predicted molar refractivity (Wildman–Crippen MR) is 153 cm³/mol. The van der Waals surface area contributed by atoms with Gasteiger partial charge in [-0.1, -0.05) is 49.0 Å². The number of nitrogens with zero attached hydrogens (tertiary/aromatic N) is 7. The van der Waals surface area contributed by atoms with Crippen molar-refractivity contribution in [1.82, 2.24) is 28.2 Å². The van der Waals surface area contributed by atoms with Crippen LogP contribution in [-0.2, 0) is 15.8 Å². The maximum Gasteiger partial charge on any atom is 0.324 e. The zero-order valence-electron chi connectivity index (χ0n) is 21.4. The molecule has 2 amide bonds. The fourth-order valence-corrected chi connectivity index (χ4v) is 8.10. The maximum absolute atomic E-state index is 13.3. The Balaban J connectivity index is 1.22. The van der Waals surface area contributed by atoms with Gasteiger partial charge in [-0.2, -0.15) is 9.36 Å². The molecule has 4 aromatic rings. The van der Waals surface area contributed by atoms with Crippen LogP contribution < -0.4 is 10.2 Å². The number of thioether (sulfide) groups is 1. The first-order valence-electron chi connectivity index (χ1n) is 12.8. The molecule has 1 aromatic carbocycles. The van der Waals surface area contributed by atoms with Gasteiger partial charge in [-0.3, -0.25) is 5.32 Å². The SMILES string of the molecule is CCSc1nsc(NC(=O)N2CCC23CCCN(c2ncnc4c2ccn4S(=O)(=O)Cc2ccccc2)C3)n1. The Bertz CT molecular complexity index is 1610. The number of carbonyl (C=O) groups is 1. The van der Waals surface area contributed by atoms with E-state index in [4.69, 9.17) is 0 Å². The molecule has 14 heteroatoms. The number of amides is 2. The molecule has 3 aromatic heterocycles. The Hall–Kier alpha value is -3.23. The lowest BCUT2D eigenvalue weighted by molar-refractivity contribution is 0.0183. The van der Waals surface area contributed by atoms with Gasteiger partial charge < -0.3 is 9.80 Å². The van der Waals surface area contributed by atoms with E-state index < -0.39 is 10.0 Å². The quantitative estimate of drug-likeness (QED) is 0.320. The minimum Gasteiger partial charge on any atom is -0.354 e. The summed E-state index contributed by atoms with van der Waals surface area (Å²) in [7, 11) is -3.68. The molecule has 1 atom stereocenters. The van der Waals surface area contributed by atoms with E-state index in [0.717, 1.165) is 31.6 Å². The number of hydrogen-bond donors (Lipinski definition) is 1. The molecule has 1 N–H and O–H groups in total. The number of urea groups is 1. The molecule has 6 rings (SSSR count). The second-order valence-corrected chi connectivity index (χ2v) is 13.5. The predicted octanol–water partition coefficient (Wildman–Crippen LogP) is 4.05. The highest BCUT2D eigenvalue weighted by atomic mass is 32.2. The second-order valence-electron chi connectivity index (χ2n) is 9.68. The highest BCUT2D eigenvalue weighted by Gasteiger charge is 2.50. The average Bonchev–Trinajstić information content (AvgIpc) is 3.56. The van der Waals surface area contributed by atoms with Gasteiger partial charge in [0.2, 0.25) is 20.3 Å². The van der Waals surface area contributed by atoms with E-state index >= 15 is 0 Å². The number of anilines is 2. The third-order valence-corrected chi connectivity index (χ3v) is 10.4. The summed E-state index contributed by atoms with van der Waals surface area (Å²) in [6.07, 6.45) is 5.64. The van der Waals surface area contributed by atoms with Gasteiger partial charge in [-0.05, 0) is 36.6 Å². The molecule has 11 nitrogen and oxygen atoms in total. The monoisotopic (exact) mass is 584 g/mol. The fourth-order valence-electron chi connectivity index (χ4n) is 5.43. The van der Waals surface area contributed by atoms with Crippen LogP contribution in [0.15, 0.2) is 54.1 Å². The average molecular weight is 585 g/mol. The summed E-state index contributed by atoms with van der Waals surface area (Å²) in [5, 5.41) is 4.77. The molecule has 1 unspecified atom stereocenters. The first-order chi connectivity index (χ1) is 18.9. The summed E-state index contributed by atoms with van der Waals surface area (Å²) in [5.74, 6) is 1.43. The van der Waals surface area contributed by atoms with E-state index in [1.54, 1.807) is 36.2 Å². The molecule has 39 heavy (non-hydrogen) atoms. The van der Waals surface area contributed by atoms with Crippen molar-refractivity contribution in [3.63, 3.8) is 0 Å². The number of aromatic nitrogens is 5. The second kappa shape index (κ2) is 10.4. The lowest BCUT2D eigenvalue weighted by Crippen LogP contribution is -2.69. The number of rotatable bonds is 7. The smallest absolute Gasteiger partial charge is 0.324 e. The van der Waals surface area contributed by atoms with Gasteiger partial charge in [0, 0.05) is 37.4 Å². The van der Waals surface area contributed by atoms with Gasteiger partial charge in [0.05, 0.1) is 16.7 Å². The summed E-state index contributed by atoms with van der Waals surface area (Å²) in [6.45, 7) is 4.08. The Kier molecular flexibility index (Phi) is 6.93. The summed E-state index contributed by atoms with van der Waals surface area (Å²) in [4.78, 5) is 30.5. The van der Waals surface area contributed by atoms with Crippen LogP contribution in [0.25, 0.3) is 11.0 Å². The van der Waals surface area contributed by atoms with E-state index in [9.17, 15) is 13.2 Å². The van der Waals surface area contributed by atoms with E-state index in [0.29, 0.717) is 45.8 Å². The minimum absolute atomic E-state index is 0.124. The highest BCUT2D eigenvalue weighted by molar-refractivity contribution is 7.99. The van der Waals surface area contributed by atoms with Gasteiger partial charge in [0.1, 0.15) is 12.1 Å². The molecule has 204 valence electrons. The molecular formula is C25H28N8O3S3. The molecule has 0 radical (unpaired) electrons. The minimum atomic E-state index is -3.68. The van der Waals surface area contributed by atoms with Crippen molar-refractivity contribution in [3.8, 4) is 0 Å². The molecule has 2 aliphatic heterocycles. The van der Waals surface area contributed by atoms with Crippen molar-refractivity contribution in [3.05, 3.63) is 54.5 Å². The third-order valence-electron chi connectivity index (χ3n) is 7.29. The zero-order valence-corrected chi connectivity index (χ0v) is 23.8. The zero-order chi connectivity index (χ0) is 27.0. The lowest BCUT2D eigenvalue weighted by Gasteiger charge is -2.56. The number of fused-ring (bicyclic) bond motifs is 1. The fraction of sp³-hybridized carbons (Fsp3) is 0.400. The van der Waals surface area contributed by atoms with Crippen molar-refractivity contribution in [2.45, 2.75) is 42.6 Å². The number of nitrogens with one attached hydrogen (secondary N) is 1. The lowest BCUT2D eigenvalue weighted by atomic mass is 9.78. The van der Waals surface area contributed by atoms with Crippen LogP contribution in [0.1, 0.15) is 31.7 Å². The summed E-state index contributed by atoms with van der Waals surface area (Å²) in [6, 6.07) is 10.7. The largest absolute Gasteiger partial charge is 0.354 e. The number of piperidine rings is 1. The molecule has 0 bridgehead atoms. The first-order valence-corrected chi connectivity index (χ1v) is 16.1. The van der Waals surface area contributed by atoms with Gasteiger partial charge >= 0.3 is 6.03 Å². The van der Waals surface area contributed by atoms with Gasteiger partial charge in [-0.15, -0.1) is 0 Å². The van der Waals surface area contributed by atoms with Crippen LogP contribution >= 0.6 is 23.3 Å². The number of carbonyl (C=O) groups excluding carboxylic acids is 1. The summed E-state index contributed by atoms with van der Waals surface area (Å²) < 4.78 is 32.0. The van der Waals surface area contributed by atoms with Crippen molar-refractivity contribution in [1.29, 1.82) is 0 Å². The molecule has 2 aliphatic rings. The van der Waals surface area contributed by atoms with E-state index in [1.807, 2.05) is 30.0 Å². The molecule has 2 saturated heterocycles. The Morgan fingerprint density at radius 1 is 1.15 bits per heavy atom. The third kappa shape index (κ3) is 4.96. The molecule has 1 spiro atoms. The topological polar surface area (TPSA) is 126 Å². The number of hydrogen-bond acceptors (Lipinski definition) is 10. The molecule has 5 heterocycles. The van der Waals surface area contributed by atoms with Gasteiger partial charge in [0.25, 0.3) is 0 Å². The normalized spacial score (nSPS) is 19.4. The number of likely N-dealkylation sites (tertiary alicyclic amines) is 1. The first kappa shape index (κ1) is 26.0. The van der Waals surface area contributed by atoms with Crippen LogP contribution in [0.5, 0.6) is 0 Å². The van der Waals surface area contributed by atoms with Crippen molar-refractivity contribution in [2.75, 3.05) is 35.6 Å². The Labute approximate surface area is 234 Å². The Morgan fingerprint density at radius 3 is 2.77 bits per heavy atom.